The molecule has 0 heterocycles. The summed E-state index contributed by atoms with van der Waals surface area (Å²) in [7, 11) is -9.79. The van der Waals surface area contributed by atoms with Crippen molar-refractivity contribution in [3.63, 3.8) is 0 Å². The van der Waals surface area contributed by atoms with Crippen LogP contribution >= 0.6 is 15.6 Å². The van der Waals surface area contributed by atoms with E-state index in [1.165, 1.54) is 77.0 Å². The Morgan fingerprint density at radius 1 is 0.312 bits per heavy atom. The molecule has 0 saturated heterocycles. The summed E-state index contributed by atoms with van der Waals surface area (Å²) in [4.78, 5) is 58.4. The molecule has 0 aliphatic rings. The van der Waals surface area contributed by atoms with Gasteiger partial charge >= 0.3 is 33.6 Å². The first-order chi connectivity index (χ1) is 45.2. The molecule has 5 unspecified atom stereocenters. The molecule has 0 aromatic carbocycles. The largest absolute Gasteiger partial charge is 0.472 e. The minimum absolute atomic E-state index is 0.0897. The predicted molar refractivity (Wildman–Crippen MR) is 380 cm³/mol. The molecule has 0 aromatic heterocycles. The summed E-state index contributed by atoms with van der Waals surface area (Å²) in [5.74, 6) is -1.60. The highest BCUT2D eigenvalue weighted by atomic mass is 31.2. The Hall–Kier alpha value is -3.79. The number of aliphatic hydroxyl groups excluding tert-OH is 2. The Morgan fingerprint density at radius 3 is 0.935 bits per heavy atom. The van der Waals surface area contributed by atoms with Crippen LogP contribution in [0.4, 0.5) is 0 Å². The van der Waals surface area contributed by atoms with Crippen molar-refractivity contribution < 1.29 is 75.8 Å². The lowest BCUT2D eigenvalue weighted by atomic mass is 10.1. The first-order valence-corrected chi connectivity index (χ1v) is 39.2. The van der Waals surface area contributed by atoms with E-state index in [1.807, 2.05) is 0 Å². The topological polar surface area (TPSA) is 231 Å². The maximum atomic E-state index is 12.9. The molecule has 536 valence electrons. The van der Waals surface area contributed by atoms with E-state index >= 15 is 0 Å². The summed E-state index contributed by atoms with van der Waals surface area (Å²) in [6, 6.07) is 0. The van der Waals surface area contributed by atoms with Gasteiger partial charge in [0.05, 0.1) is 26.4 Å². The van der Waals surface area contributed by atoms with E-state index in [2.05, 4.69) is 130 Å². The lowest BCUT2D eigenvalue weighted by Crippen LogP contribution is -2.30. The second-order valence-electron chi connectivity index (χ2n) is 24.0. The molecule has 0 rings (SSSR count). The minimum atomic E-state index is -4.93. The van der Waals surface area contributed by atoms with E-state index in [9.17, 15) is 43.5 Å². The van der Waals surface area contributed by atoms with Gasteiger partial charge in [0, 0.05) is 19.3 Å². The van der Waals surface area contributed by atoms with Crippen LogP contribution in [0, 0.1) is 0 Å². The van der Waals surface area contributed by atoms with Gasteiger partial charge in [-0.15, -0.1) is 0 Å². The van der Waals surface area contributed by atoms with Gasteiger partial charge in [-0.2, -0.15) is 0 Å². The number of aliphatic hydroxyl groups is 2. The van der Waals surface area contributed by atoms with Gasteiger partial charge in [-0.05, 0) is 128 Å². The molecule has 0 saturated carbocycles. The highest BCUT2D eigenvalue weighted by molar-refractivity contribution is 7.47. The Kier molecular flexibility index (Phi) is 65.4. The summed E-state index contributed by atoms with van der Waals surface area (Å²) < 4.78 is 60.9. The van der Waals surface area contributed by atoms with E-state index in [4.69, 9.17) is 32.3 Å². The Bertz CT molecular complexity index is 2130. The Balaban J connectivity index is 4.57. The van der Waals surface area contributed by atoms with Crippen molar-refractivity contribution in [1.82, 2.24) is 0 Å². The number of carbonyl (C=O) groups is 3. The molecule has 4 N–H and O–H groups in total. The van der Waals surface area contributed by atoms with Crippen LogP contribution in [0.25, 0.3) is 0 Å². The highest BCUT2D eigenvalue weighted by Gasteiger charge is 2.29. The van der Waals surface area contributed by atoms with Crippen LogP contribution in [0.3, 0.4) is 0 Å². The Labute approximate surface area is 564 Å². The standard InChI is InChI=1S/C75H130O16P2/c1-4-7-10-13-16-19-22-25-27-29-31-32-33-34-35-36-38-40-41-44-46-49-52-55-58-61-73(78)85-64-70(76)65-87-92(81,82)88-66-71(77)67-89-93(83,84)90-69-72(91-75(80)63-60-57-54-51-48-43-24-21-18-15-12-9-6-3)68-86-74(79)62-59-56-53-50-47-45-42-39-37-30-28-26-23-20-17-14-11-8-5-2/h8,11,16-17,19-21,24-28,31-32,34-35,37,39,70-72,76-77H,4-7,9-10,12-15,18,22-23,29-30,33,36,38,40-69H2,1-3H3,(H,81,82)(H,83,84)/b11-8-,19-16-,20-17-,24-21-,27-25-,28-26-,32-31-,35-34-,39-37-. The first-order valence-electron chi connectivity index (χ1n) is 36.2. The van der Waals surface area contributed by atoms with Crippen molar-refractivity contribution in [3.05, 3.63) is 109 Å². The van der Waals surface area contributed by atoms with Crippen molar-refractivity contribution in [2.75, 3.05) is 39.6 Å². The van der Waals surface area contributed by atoms with E-state index in [0.717, 1.165) is 154 Å². The van der Waals surface area contributed by atoms with Crippen LogP contribution in [0.1, 0.15) is 290 Å². The third-order valence-electron chi connectivity index (χ3n) is 15.0. The number of allylic oxidation sites excluding steroid dienone is 18. The lowest BCUT2D eigenvalue weighted by Gasteiger charge is -2.21. The molecule has 0 spiro atoms. The van der Waals surface area contributed by atoms with E-state index < -0.39 is 91.5 Å². The smallest absolute Gasteiger partial charge is 0.463 e. The third-order valence-corrected chi connectivity index (χ3v) is 16.9. The van der Waals surface area contributed by atoms with Gasteiger partial charge in [0.2, 0.25) is 0 Å². The zero-order valence-corrected chi connectivity index (χ0v) is 59.9. The highest BCUT2D eigenvalue weighted by Crippen LogP contribution is 2.45. The van der Waals surface area contributed by atoms with Crippen LogP contribution in [0.15, 0.2) is 109 Å². The van der Waals surface area contributed by atoms with Crippen LogP contribution in [0.5, 0.6) is 0 Å². The number of phosphoric ester groups is 2. The molecule has 0 bridgehead atoms. The quantitative estimate of drug-likeness (QED) is 0.0146. The van der Waals surface area contributed by atoms with Crippen LogP contribution in [0.2, 0.25) is 0 Å². The number of phosphoric acid groups is 2. The van der Waals surface area contributed by atoms with Crippen LogP contribution in [-0.2, 0) is 55.8 Å². The predicted octanol–water partition coefficient (Wildman–Crippen LogP) is 20.4. The maximum absolute atomic E-state index is 12.9. The van der Waals surface area contributed by atoms with Gasteiger partial charge in [-0.1, -0.05) is 252 Å². The molecule has 16 nitrogen and oxygen atoms in total. The van der Waals surface area contributed by atoms with Gasteiger partial charge in [-0.25, -0.2) is 9.13 Å². The molecule has 18 heteroatoms. The van der Waals surface area contributed by atoms with E-state index in [0.29, 0.717) is 19.3 Å². The SMILES string of the molecule is CC/C=C\C/C=C\C/C=C\C/C=C\CCCCCCCCC(=O)OCC(COP(=O)(O)OCC(O)COP(=O)(O)OCC(O)COC(=O)CCCCCCCCCCC/C=C\C/C=C\C/C=C\C/C=C\CCCCC)OC(=O)CCCCCCC/C=C\CCCCCC. The van der Waals surface area contributed by atoms with Gasteiger partial charge in [0.25, 0.3) is 0 Å². The van der Waals surface area contributed by atoms with Crippen molar-refractivity contribution >= 4 is 33.6 Å². The summed E-state index contributed by atoms with van der Waals surface area (Å²) in [5.41, 5.74) is 0. The molecule has 0 radical (unpaired) electrons. The van der Waals surface area contributed by atoms with E-state index in [1.54, 1.807) is 0 Å². The maximum Gasteiger partial charge on any atom is 0.472 e. The average Bonchev–Trinajstić information content (AvgIpc) is 3.74. The zero-order valence-electron chi connectivity index (χ0n) is 58.1. The first kappa shape index (κ1) is 89.2. The van der Waals surface area contributed by atoms with Gasteiger partial charge in [-0.3, -0.25) is 32.5 Å². The number of hydrogen-bond donors (Lipinski definition) is 4. The molecule has 0 amide bonds. The molecule has 0 aromatic rings. The molecule has 0 aliphatic heterocycles. The van der Waals surface area contributed by atoms with Crippen molar-refractivity contribution in [3.8, 4) is 0 Å². The fourth-order valence-corrected chi connectivity index (χ4v) is 11.0. The van der Waals surface area contributed by atoms with Crippen LogP contribution in [-0.4, -0.2) is 95.9 Å². The summed E-state index contributed by atoms with van der Waals surface area (Å²) >= 11 is 0. The second-order valence-corrected chi connectivity index (χ2v) is 26.9. The van der Waals surface area contributed by atoms with Gasteiger partial charge in [0.1, 0.15) is 25.4 Å². The number of rotatable bonds is 68. The summed E-state index contributed by atoms with van der Waals surface area (Å²) in [5, 5.41) is 20.6. The summed E-state index contributed by atoms with van der Waals surface area (Å²) in [6.45, 7) is 2.49. The monoisotopic (exact) mass is 1350 g/mol. The Morgan fingerprint density at radius 2 is 0.570 bits per heavy atom. The molecule has 0 fully saturated rings. The van der Waals surface area contributed by atoms with Crippen molar-refractivity contribution in [1.29, 1.82) is 0 Å². The number of ether oxygens (including phenoxy) is 3. The third kappa shape index (κ3) is 69.4. The van der Waals surface area contributed by atoms with Gasteiger partial charge < -0.3 is 34.2 Å². The van der Waals surface area contributed by atoms with Gasteiger partial charge in [0.15, 0.2) is 6.10 Å². The molecule has 0 aliphatic carbocycles. The number of esters is 3. The fraction of sp³-hybridized carbons (Fsp3) is 0.720. The zero-order chi connectivity index (χ0) is 68.1. The molecular formula is C75H130O16P2. The van der Waals surface area contributed by atoms with Crippen molar-refractivity contribution in [2.24, 2.45) is 0 Å². The fourth-order valence-electron chi connectivity index (χ4n) is 9.42. The second kappa shape index (κ2) is 68.2. The lowest BCUT2D eigenvalue weighted by molar-refractivity contribution is -0.161. The molecular weight excluding hydrogens is 1220 g/mol. The average molecular weight is 1350 g/mol. The van der Waals surface area contributed by atoms with E-state index in [-0.39, 0.29) is 19.3 Å². The van der Waals surface area contributed by atoms with Crippen molar-refractivity contribution in [2.45, 2.75) is 309 Å². The number of unbranched alkanes of at least 4 members (excludes halogenated alkanes) is 27. The number of carbonyl (C=O) groups excluding carboxylic acids is 3. The number of hydrogen-bond acceptors (Lipinski definition) is 14. The molecule has 93 heavy (non-hydrogen) atoms. The molecule has 5 atom stereocenters. The normalized spacial score (nSPS) is 14.8. The summed E-state index contributed by atoms with van der Waals surface area (Å²) in [6.07, 6.45) is 77.1. The minimum Gasteiger partial charge on any atom is -0.463 e. The van der Waals surface area contributed by atoms with Crippen LogP contribution < -0.4 is 0 Å².